The minimum atomic E-state index is -1.01. The van der Waals surface area contributed by atoms with E-state index in [-0.39, 0.29) is 29.3 Å². The first-order valence-electron chi connectivity index (χ1n) is 12.5. The van der Waals surface area contributed by atoms with E-state index in [1.165, 1.54) is 12.5 Å². The number of carboxylic acid groups (broad SMARTS) is 1. The van der Waals surface area contributed by atoms with Crippen molar-refractivity contribution in [2.24, 2.45) is 11.3 Å². The Morgan fingerprint density at radius 1 is 1.17 bits per heavy atom. The molecule has 0 saturated carbocycles. The Bertz CT molecular complexity index is 920. The maximum Gasteiger partial charge on any atom is 0.331 e. The first-order chi connectivity index (χ1) is 16.2. The number of likely N-dealkylation sites (N-methyl/N-ethyl adjacent to an activating group) is 2. The van der Waals surface area contributed by atoms with Crippen LogP contribution in [0.3, 0.4) is 0 Å². The number of carbonyl (C=O) groups is 3. The molecule has 2 amide bonds. The standard InChI is InChI=1S/C28H43N3O4/c1-18(2)22(16-19(3)27(34)35)31(8)26(33)24(28(4,5)6)29-25(32)23-17-21(14-15-30(23)7)20-12-10-9-11-13-20/h9-13,16,18,21-24H,14-15,17H2,1-8H3,(H,29,32)(H,34,35)/b19-16+/t21-,22-,23?,24?/m1/s1. The highest BCUT2D eigenvalue weighted by atomic mass is 16.4. The van der Waals surface area contributed by atoms with E-state index in [1.807, 2.05) is 59.9 Å². The van der Waals surface area contributed by atoms with Gasteiger partial charge in [0.25, 0.3) is 0 Å². The van der Waals surface area contributed by atoms with E-state index in [4.69, 9.17) is 0 Å². The molecule has 7 nitrogen and oxygen atoms in total. The Kier molecular flexibility index (Phi) is 9.67. The summed E-state index contributed by atoms with van der Waals surface area (Å²) in [7, 11) is 3.64. The zero-order valence-corrected chi connectivity index (χ0v) is 22.5. The van der Waals surface area contributed by atoms with Gasteiger partial charge in [0.15, 0.2) is 0 Å². The molecule has 0 aromatic heterocycles. The normalized spacial score (nSPS) is 21.3. The monoisotopic (exact) mass is 485 g/mol. The molecule has 1 fully saturated rings. The second-order valence-electron chi connectivity index (χ2n) is 11.3. The van der Waals surface area contributed by atoms with Crippen LogP contribution in [0.4, 0.5) is 0 Å². The number of benzene rings is 1. The van der Waals surface area contributed by atoms with Gasteiger partial charge >= 0.3 is 5.97 Å². The van der Waals surface area contributed by atoms with Gasteiger partial charge in [0.1, 0.15) is 6.04 Å². The van der Waals surface area contributed by atoms with E-state index in [0.717, 1.165) is 13.0 Å². The van der Waals surface area contributed by atoms with Gasteiger partial charge in [0.2, 0.25) is 11.8 Å². The van der Waals surface area contributed by atoms with Crippen molar-refractivity contribution in [3.63, 3.8) is 0 Å². The molecule has 1 aromatic rings. The van der Waals surface area contributed by atoms with Crippen molar-refractivity contribution >= 4 is 17.8 Å². The molecule has 1 aromatic carbocycles. The van der Waals surface area contributed by atoms with Gasteiger partial charge in [-0.25, -0.2) is 4.79 Å². The van der Waals surface area contributed by atoms with Gasteiger partial charge in [-0.05, 0) is 56.2 Å². The van der Waals surface area contributed by atoms with E-state index in [2.05, 4.69) is 22.3 Å². The fourth-order valence-electron chi connectivity index (χ4n) is 4.73. The molecule has 2 N–H and O–H groups in total. The summed E-state index contributed by atoms with van der Waals surface area (Å²) < 4.78 is 0. The van der Waals surface area contributed by atoms with Crippen LogP contribution in [-0.2, 0) is 14.4 Å². The van der Waals surface area contributed by atoms with Crippen LogP contribution >= 0.6 is 0 Å². The molecular formula is C28H43N3O4. The zero-order valence-electron chi connectivity index (χ0n) is 22.5. The predicted octanol–water partition coefficient (Wildman–Crippen LogP) is 3.91. The van der Waals surface area contributed by atoms with Crippen molar-refractivity contribution < 1.29 is 19.5 Å². The van der Waals surface area contributed by atoms with E-state index in [0.29, 0.717) is 12.3 Å². The van der Waals surface area contributed by atoms with Gasteiger partial charge in [-0.1, -0.05) is 71.0 Å². The highest BCUT2D eigenvalue weighted by Crippen LogP contribution is 2.31. The topological polar surface area (TPSA) is 90.0 Å². The fraction of sp³-hybridized carbons (Fsp3) is 0.607. The molecule has 1 aliphatic rings. The maximum atomic E-state index is 13.7. The molecular weight excluding hydrogens is 442 g/mol. The summed E-state index contributed by atoms with van der Waals surface area (Å²) in [5.74, 6) is -1.08. The lowest BCUT2D eigenvalue weighted by molar-refractivity contribution is -0.141. The van der Waals surface area contributed by atoms with Crippen LogP contribution in [0.15, 0.2) is 42.0 Å². The quantitative estimate of drug-likeness (QED) is 0.545. The highest BCUT2D eigenvalue weighted by molar-refractivity contribution is 5.91. The molecule has 1 saturated heterocycles. The molecule has 0 radical (unpaired) electrons. The van der Waals surface area contributed by atoms with E-state index in [9.17, 15) is 19.5 Å². The first kappa shape index (κ1) is 28.6. The Morgan fingerprint density at radius 2 is 1.77 bits per heavy atom. The maximum absolute atomic E-state index is 13.7. The lowest BCUT2D eigenvalue weighted by atomic mass is 9.83. The third-order valence-corrected chi connectivity index (χ3v) is 7.08. The van der Waals surface area contributed by atoms with Gasteiger partial charge in [-0.15, -0.1) is 0 Å². The Hall–Kier alpha value is -2.67. The number of nitrogens with one attached hydrogen (secondary N) is 1. The number of piperidine rings is 1. The molecule has 2 rings (SSSR count). The van der Waals surface area contributed by atoms with Gasteiger partial charge in [-0.2, -0.15) is 0 Å². The minimum Gasteiger partial charge on any atom is -0.478 e. The molecule has 7 heteroatoms. The molecule has 194 valence electrons. The lowest BCUT2D eigenvalue weighted by Gasteiger charge is -2.40. The molecule has 4 atom stereocenters. The van der Waals surface area contributed by atoms with E-state index >= 15 is 0 Å². The summed E-state index contributed by atoms with van der Waals surface area (Å²) in [5.41, 5.74) is 0.901. The predicted molar refractivity (Wildman–Crippen MR) is 139 cm³/mol. The summed E-state index contributed by atoms with van der Waals surface area (Å²) in [6, 6.07) is 8.80. The van der Waals surface area contributed by atoms with Crippen molar-refractivity contribution in [3.8, 4) is 0 Å². The number of hydrogen-bond acceptors (Lipinski definition) is 4. The lowest BCUT2D eigenvalue weighted by Crippen LogP contribution is -2.60. The zero-order chi connectivity index (χ0) is 26.5. The Labute approximate surface area is 210 Å². The van der Waals surface area contributed by atoms with Crippen LogP contribution < -0.4 is 5.32 Å². The van der Waals surface area contributed by atoms with Crippen molar-refractivity contribution in [3.05, 3.63) is 47.5 Å². The summed E-state index contributed by atoms with van der Waals surface area (Å²) in [6.45, 7) is 12.0. The van der Waals surface area contributed by atoms with Crippen molar-refractivity contribution in [2.45, 2.75) is 78.4 Å². The van der Waals surface area contributed by atoms with Crippen LogP contribution in [0.1, 0.15) is 65.9 Å². The van der Waals surface area contributed by atoms with Crippen molar-refractivity contribution in [2.75, 3.05) is 20.6 Å². The van der Waals surface area contributed by atoms with Crippen molar-refractivity contribution in [1.29, 1.82) is 0 Å². The molecule has 1 heterocycles. The third kappa shape index (κ3) is 7.40. The number of rotatable bonds is 8. The van der Waals surface area contributed by atoms with Crippen LogP contribution in [0.5, 0.6) is 0 Å². The largest absolute Gasteiger partial charge is 0.478 e. The Morgan fingerprint density at radius 3 is 2.29 bits per heavy atom. The molecule has 35 heavy (non-hydrogen) atoms. The van der Waals surface area contributed by atoms with Gasteiger partial charge < -0.3 is 15.3 Å². The second kappa shape index (κ2) is 11.8. The number of likely N-dealkylation sites (tertiary alicyclic amines) is 1. The number of aliphatic carboxylic acids is 1. The highest BCUT2D eigenvalue weighted by Gasteiger charge is 2.40. The summed E-state index contributed by atoms with van der Waals surface area (Å²) in [6.07, 6.45) is 3.30. The van der Waals surface area contributed by atoms with Gasteiger partial charge in [0.05, 0.1) is 12.1 Å². The van der Waals surface area contributed by atoms with E-state index < -0.39 is 23.5 Å². The number of carbonyl (C=O) groups excluding carboxylic acids is 2. The van der Waals surface area contributed by atoms with E-state index in [1.54, 1.807) is 18.0 Å². The molecule has 0 spiro atoms. The SMILES string of the molecule is C/C(=C\[C@H](C(C)C)N(C)C(=O)C(NC(=O)C1C[C@H](c2ccccc2)CCN1C)C(C)(C)C)C(=O)O. The van der Waals surface area contributed by atoms with Crippen LogP contribution in [0, 0.1) is 11.3 Å². The number of amides is 2. The molecule has 0 aliphatic carbocycles. The molecule has 1 aliphatic heterocycles. The van der Waals surface area contributed by atoms with Gasteiger partial charge in [0, 0.05) is 12.6 Å². The summed E-state index contributed by atoms with van der Waals surface area (Å²) in [4.78, 5) is 42.3. The average Bonchev–Trinajstić information content (AvgIpc) is 2.79. The molecule has 0 bridgehead atoms. The second-order valence-corrected chi connectivity index (χ2v) is 11.3. The number of hydrogen-bond donors (Lipinski definition) is 2. The molecule has 2 unspecified atom stereocenters. The van der Waals surface area contributed by atoms with Crippen LogP contribution in [-0.4, -0.2) is 71.5 Å². The summed E-state index contributed by atoms with van der Waals surface area (Å²) >= 11 is 0. The fourth-order valence-corrected chi connectivity index (χ4v) is 4.73. The number of nitrogens with zero attached hydrogens (tertiary/aromatic N) is 2. The van der Waals surface area contributed by atoms with Crippen LogP contribution in [0.25, 0.3) is 0 Å². The van der Waals surface area contributed by atoms with Crippen molar-refractivity contribution in [1.82, 2.24) is 15.1 Å². The summed E-state index contributed by atoms with van der Waals surface area (Å²) in [5, 5.41) is 12.4. The Balaban J connectivity index is 2.25. The smallest absolute Gasteiger partial charge is 0.331 e. The third-order valence-electron chi connectivity index (χ3n) is 7.08. The number of carboxylic acids is 1. The van der Waals surface area contributed by atoms with Crippen LogP contribution in [0.2, 0.25) is 0 Å². The van der Waals surface area contributed by atoms with Gasteiger partial charge in [-0.3, -0.25) is 14.5 Å². The first-order valence-corrected chi connectivity index (χ1v) is 12.5. The average molecular weight is 486 g/mol. The minimum absolute atomic E-state index is 0.00526.